The lowest BCUT2D eigenvalue weighted by atomic mass is 9.80. The van der Waals surface area contributed by atoms with Gasteiger partial charge in [-0.15, -0.1) is 0 Å². The fourth-order valence-corrected chi connectivity index (χ4v) is 3.49. The van der Waals surface area contributed by atoms with E-state index in [0.29, 0.717) is 16.5 Å². The largest absolute Gasteiger partial charge is 0.299 e. The van der Waals surface area contributed by atoms with E-state index in [9.17, 15) is 9.59 Å². The first kappa shape index (κ1) is 11.7. The maximum absolute atomic E-state index is 12.1. The zero-order valence-electron chi connectivity index (χ0n) is 10.6. The van der Waals surface area contributed by atoms with Gasteiger partial charge in [0.15, 0.2) is 0 Å². The normalized spacial score (nSPS) is 24.4. The smallest absolute Gasteiger partial charge is 0.299 e. The molecule has 4 heteroatoms. The molecule has 0 saturated carbocycles. The van der Waals surface area contributed by atoms with Crippen LogP contribution in [0, 0.1) is 0 Å². The summed E-state index contributed by atoms with van der Waals surface area (Å²) in [5.41, 5.74) is 1.93. The predicted octanol–water partition coefficient (Wildman–Crippen LogP) is 3.16. The molecular formula is C14H14ClNO2. The van der Waals surface area contributed by atoms with Crippen molar-refractivity contribution in [3.05, 3.63) is 28.3 Å². The molecule has 0 saturated heterocycles. The average Bonchev–Trinajstić information content (AvgIpc) is 2.50. The summed E-state index contributed by atoms with van der Waals surface area (Å²) in [5, 5.41) is 0.526. The van der Waals surface area contributed by atoms with Crippen LogP contribution in [-0.4, -0.2) is 17.2 Å². The van der Waals surface area contributed by atoms with Gasteiger partial charge in [0, 0.05) is 10.6 Å². The molecule has 3 nitrogen and oxygen atoms in total. The monoisotopic (exact) mass is 263 g/mol. The highest BCUT2D eigenvalue weighted by Crippen LogP contribution is 2.49. The van der Waals surface area contributed by atoms with Gasteiger partial charge in [0.2, 0.25) is 0 Å². The number of halogens is 1. The molecule has 0 N–H and O–H groups in total. The van der Waals surface area contributed by atoms with Gasteiger partial charge < -0.3 is 0 Å². The maximum atomic E-state index is 12.1. The van der Waals surface area contributed by atoms with Crippen molar-refractivity contribution in [2.24, 2.45) is 0 Å². The Labute approximate surface area is 111 Å². The van der Waals surface area contributed by atoms with Gasteiger partial charge in [0.1, 0.15) is 0 Å². The van der Waals surface area contributed by atoms with Gasteiger partial charge in [-0.05, 0) is 43.9 Å². The number of hydrogen-bond acceptors (Lipinski definition) is 2. The van der Waals surface area contributed by atoms with Gasteiger partial charge >= 0.3 is 0 Å². The summed E-state index contributed by atoms with van der Waals surface area (Å²) < 4.78 is 0. The fourth-order valence-electron chi connectivity index (χ4n) is 3.27. The molecule has 0 aliphatic carbocycles. The molecule has 2 heterocycles. The minimum atomic E-state index is -0.434. The molecule has 2 aliphatic rings. The van der Waals surface area contributed by atoms with Crippen LogP contribution in [0.4, 0.5) is 5.69 Å². The molecule has 1 aromatic rings. The summed E-state index contributed by atoms with van der Waals surface area (Å²) in [6.45, 7) is 6.11. The van der Waals surface area contributed by atoms with Crippen molar-refractivity contribution in [3.63, 3.8) is 0 Å². The fraction of sp³-hybridized carbons (Fsp3) is 0.429. The quantitative estimate of drug-likeness (QED) is 0.675. The molecule has 1 aromatic carbocycles. The number of Topliss-reactive ketones (excluding diaryl/α,β-unsaturated/α-hetero) is 1. The van der Waals surface area contributed by atoms with Gasteiger partial charge in [-0.2, -0.15) is 0 Å². The number of nitrogens with zero attached hydrogens (tertiary/aromatic N) is 1. The van der Waals surface area contributed by atoms with E-state index in [1.54, 1.807) is 11.0 Å². The Morgan fingerprint density at radius 1 is 1.33 bits per heavy atom. The van der Waals surface area contributed by atoms with Gasteiger partial charge in [-0.25, -0.2) is 0 Å². The summed E-state index contributed by atoms with van der Waals surface area (Å²) in [6.07, 6.45) is 0.832. The summed E-state index contributed by atoms with van der Waals surface area (Å²) >= 11 is 6.05. The Hall–Kier alpha value is -1.35. The third-order valence-corrected chi connectivity index (χ3v) is 4.13. The molecule has 0 aromatic heterocycles. The third-order valence-electron chi connectivity index (χ3n) is 3.91. The van der Waals surface area contributed by atoms with Crippen molar-refractivity contribution >= 4 is 29.0 Å². The summed E-state index contributed by atoms with van der Waals surface area (Å²) in [4.78, 5) is 25.8. The van der Waals surface area contributed by atoms with E-state index < -0.39 is 11.7 Å². The Kier molecular flexibility index (Phi) is 2.18. The lowest BCUT2D eigenvalue weighted by Crippen LogP contribution is -2.50. The van der Waals surface area contributed by atoms with Crippen LogP contribution >= 0.6 is 11.6 Å². The van der Waals surface area contributed by atoms with Crippen molar-refractivity contribution in [2.45, 2.75) is 38.6 Å². The van der Waals surface area contributed by atoms with Gasteiger partial charge in [-0.3, -0.25) is 14.5 Å². The van der Waals surface area contributed by atoms with E-state index in [2.05, 4.69) is 6.92 Å². The number of carbonyl (C=O) groups is 2. The lowest BCUT2D eigenvalue weighted by molar-refractivity contribution is -0.115. The van der Waals surface area contributed by atoms with Crippen LogP contribution in [0.25, 0.3) is 0 Å². The molecule has 94 valence electrons. The van der Waals surface area contributed by atoms with Gasteiger partial charge in [0.05, 0.1) is 11.3 Å². The van der Waals surface area contributed by atoms with Crippen LogP contribution in [0.15, 0.2) is 12.1 Å². The van der Waals surface area contributed by atoms with E-state index in [-0.39, 0.29) is 5.54 Å². The van der Waals surface area contributed by atoms with Crippen LogP contribution in [0.2, 0.25) is 5.02 Å². The van der Waals surface area contributed by atoms with Crippen LogP contribution in [0.1, 0.15) is 49.0 Å². The number of anilines is 1. The minimum Gasteiger partial charge on any atom is -0.299 e. The van der Waals surface area contributed by atoms with Crippen molar-refractivity contribution in [2.75, 3.05) is 4.90 Å². The molecule has 2 aliphatic heterocycles. The molecule has 1 amide bonds. The summed E-state index contributed by atoms with van der Waals surface area (Å²) in [5.74, 6) is -0.566. The molecule has 0 bridgehead atoms. The van der Waals surface area contributed by atoms with E-state index in [4.69, 9.17) is 11.6 Å². The molecule has 1 atom stereocenters. The molecule has 3 rings (SSSR count). The SMILES string of the molecule is CC1CC(C)(C)N2C(=O)C(=O)c3cc(Cl)cc1c32. The molecule has 18 heavy (non-hydrogen) atoms. The Morgan fingerprint density at radius 2 is 2.00 bits per heavy atom. The van der Waals surface area contributed by atoms with Gasteiger partial charge in [-0.1, -0.05) is 18.5 Å². The van der Waals surface area contributed by atoms with Crippen LogP contribution in [0.3, 0.4) is 0 Å². The van der Waals surface area contributed by atoms with Crippen molar-refractivity contribution in [3.8, 4) is 0 Å². The second-order valence-corrected chi connectivity index (χ2v) is 6.21. The van der Waals surface area contributed by atoms with E-state index in [1.807, 2.05) is 19.9 Å². The van der Waals surface area contributed by atoms with Crippen LogP contribution in [0.5, 0.6) is 0 Å². The zero-order chi connectivity index (χ0) is 13.2. The second-order valence-electron chi connectivity index (χ2n) is 5.78. The summed E-state index contributed by atoms with van der Waals surface area (Å²) in [6, 6.07) is 3.48. The Morgan fingerprint density at radius 3 is 2.67 bits per heavy atom. The first-order chi connectivity index (χ1) is 8.33. The number of carbonyl (C=O) groups excluding carboxylic acids is 2. The number of hydrogen-bond donors (Lipinski definition) is 0. The Balaban J connectivity index is 2.36. The highest BCUT2D eigenvalue weighted by molar-refractivity contribution is 6.53. The highest BCUT2D eigenvalue weighted by Gasteiger charge is 2.49. The number of amides is 1. The second kappa shape index (κ2) is 3.35. The molecule has 0 radical (unpaired) electrons. The molecule has 0 fully saturated rings. The topological polar surface area (TPSA) is 37.4 Å². The molecular weight excluding hydrogens is 250 g/mol. The third kappa shape index (κ3) is 1.31. The maximum Gasteiger partial charge on any atom is 0.299 e. The van der Waals surface area contributed by atoms with E-state index in [0.717, 1.165) is 17.7 Å². The van der Waals surface area contributed by atoms with E-state index in [1.165, 1.54) is 0 Å². The van der Waals surface area contributed by atoms with Crippen LogP contribution < -0.4 is 4.90 Å². The Bertz CT molecular complexity index is 592. The van der Waals surface area contributed by atoms with Gasteiger partial charge in [0.25, 0.3) is 11.7 Å². The summed E-state index contributed by atoms with van der Waals surface area (Å²) in [7, 11) is 0. The van der Waals surface area contributed by atoms with Crippen molar-refractivity contribution in [1.82, 2.24) is 0 Å². The average molecular weight is 264 g/mol. The highest BCUT2D eigenvalue weighted by atomic mass is 35.5. The number of ketones is 1. The first-order valence-corrected chi connectivity index (χ1v) is 6.43. The van der Waals surface area contributed by atoms with E-state index >= 15 is 0 Å². The number of benzene rings is 1. The zero-order valence-corrected chi connectivity index (χ0v) is 11.3. The first-order valence-electron chi connectivity index (χ1n) is 6.05. The standard InChI is InChI=1S/C14H14ClNO2/c1-7-6-14(2,3)16-11-9(7)4-8(15)5-10(11)12(17)13(16)18/h4-5,7H,6H2,1-3H3. The number of rotatable bonds is 0. The molecule has 0 spiro atoms. The predicted molar refractivity (Wildman–Crippen MR) is 70.4 cm³/mol. The van der Waals surface area contributed by atoms with Crippen LogP contribution in [-0.2, 0) is 4.79 Å². The minimum absolute atomic E-state index is 0.294. The lowest BCUT2D eigenvalue weighted by Gasteiger charge is -2.43. The molecule has 1 unspecified atom stereocenters. The van der Waals surface area contributed by atoms with Crippen molar-refractivity contribution in [1.29, 1.82) is 0 Å². The van der Waals surface area contributed by atoms with Crippen molar-refractivity contribution < 1.29 is 9.59 Å².